The van der Waals surface area contributed by atoms with E-state index in [1.54, 1.807) is 11.8 Å². The fourth-order valence-electron chi connectivity index (χ4n) is 3.30. The smallest absolute Gasteiger partial charge is 0.278 e. The second kappa shape index (κ2) is 8.77. The maximum absolute atomic E-state index is 12.7. The van der Waals surface area contributed by atoms with Gasteiger partial charge in [0, 0.05) is 30.0 Å². The zero-order chi connectivity index (χ0) is 21.0. The number of rotatable bonds is 7. The van der Waals surface area contributed by atoms with Crippen molar-refractivity contribution < 1.29 is 9.53 Å². The number of carbonyl (C=O) groups excluding carboxylic acids is 1. The molecule has 2 aromatic carbocycles. The SMILES string of the molecule is CCN(c1ccc(NC(=O)c2nnn(-c3cccc(OC)c3)c2C)cc1)C(C)C. The van der Waals surface area contributed by atoms with Crippen LogP contribution in [0.15, 0.2) is 48.5 Å². The van der Waals surface area contributed by atoms with Crippen molar-refractivity contribution in [1.29, 1.82) is 0 Å². The zero-order valence-electron chi connectivity index (χ0n) is 17.5. The predicted molar refractivity (Wildman–Crippen MR) is 115 cm³/mol. The molecule has 0 saturated heterocycles. The molecule has 1 heterocycles. The van der Waals surface area contributed by atoms with Gasteiger partial charge in [-0.15, -0.1) is 5.10 Å². The molecule has 1 amide bonds. The zero-order valence-corrected chi connectivity index (χ0v) is 17.5. The Bertz CT molecular complexity index is 979. The second-order valence-electron chi connectivity index (χ2n) is 7.02. The van der Waals surface area contributed by atoms with Gasteiger partial charge in [0.1, 0.15) is 5.75 Å². The van der Waals surface area contributed by atoms with Crippen molar-refractivity contribution >= 4 is 17.3 Å². The fraction of sp³-hybridized carbons (Fsp3) is 0.318. The Labute approximate surface area is 171 Å². The largest absolute Gasteiger partial charge is 0.497 e. The van der Waals surface area contributed by atoms with Gasteiger partial charge in [-0.2, -0.15) is 0 Å². The van der Waals surface area contributed by atoms with E-state index in [-0.39, 0.29) is 11.6 Å². The molecule has 3 aromatic rings. The summed E-state index contributed by atoms with van der Waals surface area (Å²) in [6, 6.07) is 15.7. The summed E-state index contributed by atoms with van der Waals surface area (Å²) in [5.74, 6) is 0.423. The number of carbonyl (C=O) groups is 1. The van der Waals surface area contributed by atoms with Gasteiger partial charge in [0.15, 0.2) is 5.69 Å². The molecule has 7 nitrogen and oxygen atoms in total. The number of amides is 1. The Morgan fingerprint density at radius 2 is 1.93 bits per heavy atom. The molecule has 0 fully saturated rings. The van der Waals surface area contributed by atoms with Crippen LogP contribution >= 0.6 is 0 Å². The van der Waals surface area contributed by atoms with Gasteiger partial charge in [-0.1, -0.05) is 11.3 Å². The average Bonchev–Trinajstić information content (AvgIpc) is 3.11. The standard InChI is InChI=1S/C22H27N5O2/c1-6-26(15(2)3)18-12-10-17(11-13-18)23-22(28)21-16(4)27(25-24-21)19-8-7-9-20(14-19)29-5/h7-15H,6H2,1-5H3,(H,23,28). The summed E-state index contributed by atoms with van der Waals surface area (Å²) < 4.78 is 6.88. The van der Waals surface area contributed by atoms with E-state index < -0.39 is 0 Å². The van der Waals surface area contributed by atoms with Crippen molar-refractivity contribution in [2.45, 2.75) is 33.7 Å². The van der Waals surface area contributed by atoms with Crippen LogP contribution in [-0.4, -0.2) is 40.6 Å². The van der Waals surface area contributed by atoms with Crippen LogP contribution in [0.1, 0.15) is 37.0 Å². The number of ether oxygens (including phenoxy) is 1. The third kappa shape index (κ3) is 4.39. The van der Waals surface area contributed by atoms with Crippen molar-refractivity contribution in [3.05, 3.63) is 59.9 Å². The molecule has 3 rings (SSSR count). The molecule has 0 aliphatic heterocycles. The molecule has 7 heteroatoms. The van der Waals surface area contributed by atoms with E-state index in [4.69, 9.17) is 4.74 Å². The molecular formula is C22H27N5O2. The second-order valence-corrected chi connectivity index (χ2v) is 7.02. The summed E-state index contributed by atoms with van der Waals surface area (Å²) in [4.78, 5) is 15.0. The molecule has 0 unspecified atom stereocenters. The maximum Gasteiger partial charge on any atom is 0.278 e. The van der Waals surface area contributed by atoms with Crippen molar-refractivity contribution in [2.24, 2.45) is 0 Å². The van der Waals surface area contributed by atoms with Crippen LogP contribution < -0.4 is 15.0 Å². The van der Waals surface area contributed by atoms with Crippen LogP contribution in [0.3, 0.4) is 0 Å². The Balaban J connectivity index is 1.77. The highest BCUT2D eigenvalue weighted by atomic mass is 16.5. The molecule has 0 aliphatic rings. The highest BCUT2D eigenvalue weighted by molar-refractivity contribution is 6.03. The third-order valence-electron chi connectivity index (χ3n) is 4.83. The van der Waals surface area contributed by atoms with Crippen LogP contribution in [-0.2, 0) is 0 Å². The van der Waals surface area contributed by atoms with Crippen molar-refractivity contribution in [1.82, 2.24) is 15.0 Å². The van der Waals surface area contributed by atoms with Gasteiger partial charge in [0.05, 0.1) is 18.5 Å². The number of nitrogens with one attached hydrogen (secondary N) is 1. The third-order valence-corrected chi connectivity index (χ3v) is 4.83. The van der Waals surface area contributed by atoms with E-state index in [0.717, 1.165) is 17.9 Å². The number of aromatic nitrogens is 3. The van der Waals surface area contributed by atoms with E-state index in [1.807, 2.05) is 55.5 Å². The average molecular weight is 393 g/mol. The highest BCUT2D eigenvalue weighted by Gasteiger charge is 2.18. The van der Waals surface area contributed by atoms with Gasteiger partial charge < -0.3 is 15.0 Å². The monoisotopic (exact) mass is 393 g/mol. The first-order valence-corrected chi connectivity index (χ1v) is 9.69. The maximum atomic E-state index is 12.7. The first-order valence-electron chi connectivity index (χ1n) is 9.69. The van der Waals surface area contributed by atoms with Gasteiger partial charge in [-0.05, 0) is 64.1 Å². The van der Waals surface area contributed by atoms with E-state index in [9.17, 15) is 4.79 Å². The van der Waals surface area contributed by atoms with Crippen molar-refractivity contribution in [2.75, 3.05) is 23.9 Å². The lowest BCUT2D eigenvalue weighted by Crippen LogP contribution is -2.30. The van der Waals surface area contributed by atoms with Crippen LogP contribution in [0.25, 0.3) is 5.69 Å². The van der Waals surface area contributed by atoms with E-state index >= 15 is 0 Å². The minimum Gasteiger partial charge on any atom is -0.497 e. The summed E-state index contributed by atoms with van der Waals surface area (Å²) in [7, 11) is 1.61. The van der Waals surface area contributed by atoms with Gasteiger partial charge in [0.25, 0.3) is 5.91 Å². The summed E-state index contributed by atoms with van der Waals surface area (Å²) >= 11 is 0. The molecule has 0 bridgehead atoms. The molecule has 1 N–H and O–H groups in total. The molecule has 0 spiro atoms. The fourth-order valence-corrected chi connectivity index (χ4v) is 3.30. The predicted octanol–water partition coefficient (Wildman–Crippen LogP) is 4.07. The number of hydrogen-bond acceptors (Lipinski definition) is 5. The lowest BCUT2D eigenvalue weighted by Gasteiger charge is -2.27. The lowest BCUT2D eigenvalue weighted by atomic mass is 10.2. The molecule has 0 radical (unpaired) electrons. The molecule has 1 aromatic heterocycles. The number of methoxy groups -OCH3 is 1. The first-order chi connectivity index (χ1) is 13.9. The van der Waals surface area contributed by atoms with Gasteiger partial charge >= 0.3 is 0 Å². The summed E-state index contributed by atoms with van der Waals surface area (Å²) in [5, 5.41) is 11.1. The van der Waals surface area contributed by atoms with E-state index in [0.29, 0.717) is 23.2 Å². The number of hydrogen-bond donors (Lipinski definition) is 1. The van der Waals surface area contributed by atoms with Gasteiger partial charge in [-0.25, -0.2) is 4.68 Å². The quantitative estimate of drug-likeness (QED) is 0.655. The Morgan fingerprint density at radius 3 is 2.55 bits per heavy atom. The minimum absolute atomic E-state index is 0.286. The summed E-state index contributed by atoms with van der Waals surface area (Å²) in [6.07, 6.45) is 0. The molecule has 152 valence electrons. The van der Waals surface area contributed by atoms with E-state index in [2.05, 4.69) is 41.3 Å². The van der Waals surface area contributed by atoms with Crippen molar-refractivity contribution in [3.63, 3.8) is 0 Å². The molecular weight excluding hydrogens is 366 g/mol. The molecule has 0 aliphatic carbocycles. The highest BCUT2D eigenvalue weighted by Crippen LogP contribution is 2.21. The number of nitrogens with zero attached hydrogens (tertiary/aromatic N) is 4. The van der Waals surface area contributed by atoms with Crippen LogP contribution in [0.2, 0.25) is 0 Å². The van der Waals surface area contributed by atoms with Crippen LogP contribution in [0.5, 0.6) is 5.75 Å². The lowest BCUT2D eigenvalue weighted by molar-refractivity contribution is 0.102. The Kier molecular flexibility index (Phi) is 6.16. The Hall–Kier alpha value is -3.35. The van der Waals surface area contributed by atoms with Gasteiger partial charge in [0.2, 0.25) is 0 Å². The molecule has 29 heavy (non-hydrogen) atoms. The molecule has 0 saturated carbocycles. The van der Waals surface area contributed by atoms with Crippen LogP contribution in [0.4, 0.5) is 11.4 Å². The normalized spacial score (nSPS) is 10.8. The Morgan fingerprint density at radius 1 is 1.21 bits per heavy atom. The van der Waals surface area contributed by atoms with Crippen LogP contribution in [0, 0.1) is 6.92 Å². The first kappa shape index (κ1) is 20.4. The summed E-state index contributed by atoms with van der Waals surface area (Å²) in [6.45, 7) is 9.19. The molecule has 0 atom stereocenters. The summed E-state index contributed by atoms with van der Waals surface area (Å²) in [5.41, 5.74) is 3.57. The topological polar surface area (TPSA) is 72.3 Å². The number of benzene rings is 2. The number of anilines is 2. The van der Waals surface area contributed by atoms with Gasteiger partial charge in [-0.3, -0.25) is 4.79 Å². The van der Waals surface area contributed by atoms with Crippen molar-refractivity contribution in [3.8, 4) is 11.4 Å². The van der Waals surface area contributed by atoms with E-state index in [1.165, 1.54) is 0 Å². The minimum atomic E-state index is -0.291.